The van der Waals surface area contributed by atoms with Crippen molar-refractivity contribution in [2.45, 2.75) is 6.92 Å². The third-order valence-corrected chi connectivity index (χ3v) is 3.93. The first kappa shape index (κ1) is 17.9. The summed E-state index contributed by atoms with van der Waals surface area (Å²) >= 11 is 0. The first-order valence-corrected chi connectivity index (χ1v) is 7.84. The number of aromatic carboxylic acids is 1. The maximum atomic E-state index is 12.7. The van der Waals surface area contributed by atoms with Gasteiger partial charge in [0.25, 0.3) is 0 Å². The second kappa shape index (κ2) is 7.16. The Morgan fingerprint density at radius 3 is 2.52 bits per heavy atom. The van der Waals surface area contributed by atoms with Crippen molar-refractivity contribution in [2.24, 2.45) is 0 Å². The van der Waals surface area contributed by atoms with Gasteiger partial charge in [-0.3, -0.25) is 9.32 Å². The number of carboxylic acid groups (broad SMARTS) is 1. The van der Waals surface area contributed by atoms with Crippen molar-refractivity contribution in [1.82, 2.24) is 5.27 Å². The van der Waals surface area contributed by atoms with Gasteiger partial charge in [-0.1, -0.05) is 6.07 Å². The van der Waals surface area contributed by atoms with Gasteiger partial charge in [0.15, 0.2) is 0 Å². The van der Waals surface area contributed by atoms with Crippen LogP contribution in [0.25, 0.3) is 5.69 Å². The highest BCUT2D eigenvalue weighted by atomic mass is 16.5. The molecular weight excluding hydrogens is 354 g/mol. The largest absolute Gasteiger partial charge is 0.497 e. The number of benzene rings is 2. The van der Waals surface area contributed by atoms with Crippen LogP contribution in [0.5, 0.6) is 5.75 Å². The van der Waals surface area contributed by atoms with E-state index >= 15 is 0 Å². The van der Waals surface area contributed by atoms with Crippen LogP contribution in [-0.2, 0) is 0 Å². The number of carboxylic acids is 1. The van der Waals surface area contributed by atoms with Crippen LogP contribution in [0.2, 0.25) is 0 Å². The fourth-order valence-electron chi connectivity index (χ4n) is 2.45. The van der Waals surface area contributed by atoms with E-state index in [0.29, 0.717) is 17.0 Å². The lowest BCUT2D eigenvalue weighted by atomic mass is 10.1. The van der Waals surface area contributed by atoms with Crippen LogP contribution >= 0.6 is 0 Å². The minimum absolute atomic E-state index is 0.0139. The Morgan fingerprint density at radius 1 is 1.19 bits per heavy atom. The molecule has 9 nitrogen and oxygen atoms in total. The quantitative estimate of drug-likeness (QED) is 0.585. The molecule has 0 unspecified atom stereocenters. The van der Waals surface area contributed by atoms with E-state index in [1.54, 1.807) is 37.3 Å². The third-order valence-electron chi connectivity index (χ3n) is 3.93. The van der Waals surface area contributed by atoms with Gasteiger partial charge in [0.2, 0.25) is 5.69 Å². The molecule has 2 aromatic carbocycles. The number of nitrogens with zero attached hydrogens (tertiary/aromatic N) is 1. The molecule has 1 aromatic heterocycles. The van der Waals surface area contributed by atoms with E-state index < -0.39 is 17.5 Å². The molecule has 138 valence electrons. The van der Waals surface area contributed by atoms with Crippen LogP contribution in [0.1, 0.15) is 26.4 Å². The minimum atomic E-state index is -1.13. The number of methoxy groups -OCH3 is 1. The Labute approximate surface area is 152 Å². The molecule has 3 N–H and O–H groups in total. The number of anilines is 1. The summed E-state index contributed by atoms with van der Waals surface area (Å²) in [5, 5.41) is 14.0. The Hall–Kier alpha value is -3.88. The van der Waals surface area contributed by atoms with E-state index in [0.717, 1.165) is 0 Å². The van der Waals surface area contributed by atoms with Gasteiger partial charge in [-0.25, -0.2) is 9.59 Å². The number of aromatic amines is 1. The predicted molar refractivity (Wildman–Crippen MR) is 93.5 cm³/mol. The van der Waals surface area contributed by atoms with Crippen LogP contribution in [0.15, 0.2) is 51.8 Å². The summed E-state index contributed by atoms with van der Waals surface area (Å²) in [5.41, 5.74) is 0.254. The summed E-state index contributed by atoms with van der Waals surface area (Å²) < 4.78 is 11.0. The van der Waals surface area contributed by atoms with Crippen molar-refractivity contribution in [3.05, 3.63) is 69.7 Å². The molecule has 0 aliphatic rings. The number of carbonyl (C=O) groups is 2. The lowest BCUT2D eigenvalue weighted by Crippen LogP contribution is -2.42. The van der Waals surface area contributed by atoms with Crippen LogP contribution in [0, 0.1) is 6.92 Å². The molecule has 0 fully saturated rings. The second-order valence-corrected chi connectivity index (χ2v) is 5.65. The predicted octanol–water partition coefficient (Wildman–Crippen LogP) is 1.51. The van der Waals surface area contributed by atoms with E-state index in [4.69, 9.17) is 14.4 Å². The van der Waals surface area contributed by atoms with Gasteiger partial charge in [0.05, 0.1) is 12.7 Å². The maximum absolute atomic E-state index is 12.7. The summed E-state index contributed by atoms with van der Waals surface area (Å²) in [7, 11) is 1.52. The number of nitrogens with one attached hydrogen (secondary N) is 2. The average molecular weight is 370 g/mol. The fourth-order valence-corrected chi connectivity index (χ4v) is 2.45. The van der Waals surface area contributed by atoms with E-state index in [1.807, 2.05) is 0 Å². The Balaban J connectivity index is 1.96. The Morgan fingerprint density at radius 2 is 1.89 bits per heavy atom. The highest BCUT2D eigenvalue weighted by Gasteiger charge is 2.31. The summed E-state index contributed by atoms with van der Waals surface area (Å²) in [6.45, 7) is 1.71. The number of H-pyrrole nitrogens is 1. The number of rotatable bonds is 5. The first-order valence-electron chi connectivity index (χ1n) is 7.84. The average Bonchev–Trinajstić information content (AvgIpc) is 3.05. The molecule has 0 radical (unpaired) electrons. The summed E-state index contributed by atoms with van der Waals surface area (Å²) in [4.78, 5) is 35.8. The fraction of sp³-hybridized carbons (Fsp3) is 0.111. The lowest BCUT2D eigenvalue weighted by molar-refractivity contribution is -0.672. The molecule has 3 rings (SSSR count). The van der Waals surface area contributed by atoms with Gasteiger partial charge in [-0.05, 0) is 46.7 Å². The van der Waals surface area contributed by atoms with Crippen LogP contribution < -0.4 is 20.4 Å². The number of aromatic nitrogens is 2. The third kappa shape index (κ3) is 3.56. The SMILES string of the molecule is COc1ccc(-[n+]2[nH]oc(=O)c2C(=O)Nc2cc(C(=O)O)ccc2C)cc1. The van der Waals surface area contributed by atoms with Crippen LogP contribution in [0.3, 0.4) is 0 Å². The van der Waals surface area contributed by atoms with Gasteiger partial charge in [0, 0.05) is 17.8 Å². The molecule has 0 aliphatic carbocycles. The Kier molecular flexibility index (Phi) is 4.75. The number of ether oxygens (including phenoxy) is 1. The molecular formula is C18H16N3O6+. The van der Waals surface area contributed by atoms with E-state index in [1.165, 1.54) is 23.9 Å². The first-order chi connectivity index (χ1) is 12.9. The summed E-state index contributed by atoms with van der Waals surface area (Å²) in [5.74, 6) is -1.26. The molecule has 1 amide bonds. The molecule has 0 atom stereocenters. The van der Waals surface area contributed by atoms with Crippen molar-refractivity contribution >= 4 is 17.6 Å². The number of amides is 1. The minimum Gasteiger partial charge on any atom is -0.497 e. The molecule has 0 bridgehead atoms. The summed E-state index contributed by atoms with van der Waals surface area (Å²) in [6.07, 6.45) is 0. The lowest BCUT2D eigenvalue weighted by Gasteiger charge is -2.07. The van der Waals surface area contributed by atoms with Gasteiger partial charge >= 0.3 is 23.2 Å². The second-order valence-electron chi connectivity index (χ2n) is 5.65. The molecule has 0 saturated heterocycles. The normalized spacial score (nSPS) is 10.4. The van der Waals surface area contributed by atoms with Gasteiger partial charge < -0.3 is 15.2 Å². The smallest absolute Gasteiger partial charge is 0.441 e. The van der Waals surface area contributed by atoms with E-state index in [9.17, 15) is 14.4 Å². The molecule has 27 heavy (non-hydrogen) atoms. The number of carbonyl (C=O) groups excluding carboxylic acids is 1. The molecule has 0 spiro atoms. The van der Waals surface area contributed by atoms with E-state index in [2.05, 4.69) is 10.6 Å². The van der Waals surface area contributed by atoms with Gasteiger partial charge in [-0.2, -0.15) is 0 Å². The molecule has 1 heterocycles. The molecule has 0 saturated carbocycles. The van der Waals surface area contributed by atoms with Crippen molar-refractivity contribution in [1.29, 1.82) is 0 Å². The zero-order chi connectivity index (χ0) is 19.6. The van der Waals surface area contributed by atoms with Crippen LogP contribution in [0.4, 0.5) is 5.69 Å². The van der Waals surface area contributed by atoms with Crippen LogP contribution in [-0.4, -0.2) is 29.4 Å². The maximum Gasteiger partial charge on any atom is 0.441 e. The summed E-state index contributed by atoms with van der Waals surface area (Å²) in [6, 6.07) is 10.9. The van der Waals surface area contributed by atoms with Gasteiger partial charge in [-0.15, -0.1) is 0 Å². The van der Waals surface area contributed by atoms with Crippen molar-refractivity contribution < 1.29 is 28.6 Å². The van der Waals surface area contributed by atoms with Crippen molar-refractivity contribution in [2.75, 3.05) is 12.4 Å². The molecule has 3 aromatic rings. The van der Waals surface area contributed by atoms with Gasteiger partial charge in [0.1, 0.15) is 5.75 Å². The zero-order valence-electron chi connectivity index (χ0n) is 14.5. The topological polar surface area (TPSA) is 126 Å². The van der Waals surface area contributed by atoms with E-state index in [-0.39, 0.29) is 16.9 Å². The Bertz CT molecular complexity index is 1070. The molecule has 9 heteroatoms. The standard InChI is InChI=1S/C18H15N3O6/c1-10-3-4-11(17(23)24)9-14(10)19-16(22)15-18(25)27-20-21(15)12-5-7-13(26-2)8-6-12/h3-9H,1-2H3,(H2-,19,20,22,23,24,25)/p+1. The molecule has 0 aliphatic heterocycles. The van der Waals surface area contributed by atoms with Crippen molar-refractivity contribution in [3.63, 3.8) is 0 Å². The van der Waals surface area contributed by atoms with Crippen molar-refractivity contribution in [3.8, 4) is 11.4 Å². The number of hydrogen-bond acceptors (Lipinski definition) is 5. The zero-order valence-corrected chi connectivity index (χ0v) is 14.5. The highest BCUT2D eigenvalue weighted by molar-refractivity contribution is 6.02. The highest BCUT2D eigenvalue weighted by Crippen LogP contribution is 2.18. The number of hydrogen-bond donors (Lipinski definition) is 3. The number of aryl methyl sites for hydroxylation is 1. The monoisotopic (exact) mass is 370 g/mol.